The van der Waals surface area contributed by atoms with Crippen LogP contribution in [0.1, 0.15) is 80.6 Å². The minimum Gasteiger partial charge on any atom is -0.396 e. The molecule has 1 N–H and O–H groups in total. The van der Waals surface area contributed by atoms with Crippen molar-refractivity contribution >= 4 is 0 Å². The summed E-state index contributed by atoms with van der Waals surface area (Å²) in [5.41, 5.74) is 16.4. The van der Waals surface area contributed by atoms with E-state index in [0.29, 0.717) is 12.5 Å². The van der Waals surface area contributed by atoms with Crippen molar-refractivity contribution in [2.45, 2.75) is 96.9 Å². The highest BCUT2D eigenvalue weighted by molar-refractivity contribution is 5.26. The Morgan fingerprint density at radius 2 is 0.340 bits per heavy atom. The fourth-order valence-electron chi connectivity index (χ4n) is 3.98. The van der Waals surface area contributed by atoms with E-state index in [9.17, 15) is 0 Å². The molecule has 0 saturated carbocycles. The Labute approximate surface area is 325 Å². The van der Waals surface area contributed by atoms with Gasteiger partial charge in [-0.25, -0.2) is 0 Å². The van der Waals surface area contributed by atoms with Gasteiger partial charge in [-0.05, 0) is 156 Å². The molecule has 1 nitrogen and oxygen atoms in total. The molecule has 0 fully saturated rings. The predicted molar refractivity (Wildman–Crippen MR) is 237 cm³/mol. The van der Waals surface area contributed by atoms with Gasteiger partial charge in [-0.3, -0.25) is 0 Å². The first kappa shape index (κ1) is 48.3. The molecule has 0 bridgehead atoms. The van der Waals surface area contributed by atoms with E-state index in [1.807, 2.05) is 13.8 Å². The van der Waals surface area contributed by atoms with Crippen LogP contribution in [0.25, 0.3) is 0 Å². The summed E-state index contributed by atoms with van der Waals surface area (Å²) in [6.07, 6.45) is 0. The number of rotatable bonds is 1. The van der Waals surface area contributed by atoms with Crippen molar-refractivity contribution in [3.8, 4) is 0 Å². The molecule has 1 heteroatoms. The molecule has 53 heavy (non-hydrogen) atoms. The normalized spacial score (nSPS) is 9.28. The van der Waals surface area contributed by atoms with Crippen LogP contribution >= 0.6 is 0 Å². The van der Waals surface area contributed by atoms with Crippen molar-refractivity contribution in [1.29, 1.82) is 0 Å². The molecule has 6 rings (SSSR count). The van der Waals surface area contributed by atoms with Gasteiger partial charge in [0.1, 0.15) is 0 Å². The van der Waals surface area contributed by atoms with Gasteiger partial charge in [-0.2, -0.15) is 0 Å². The summed E-state index contributed by atoms with van der Waals surface area (Å²) in [5, 5.41) is 8.14. The molecule has 6 aromatic carbocycles. The second kappa shape index (κ2) is 28.8. The third-order valence-corrected chi connectivity index (χ3v) is 8.92. The van der Waals surface area contributed by atoms with Gasteiger partial charge in [0.15, 0.2) is 0 Å². The van der Waals surface area contributed by atoms with Crippen molar-refractivity contribution in [3.05, 3.63) is 212 Å². The Hall–Kier alpha value is -4.72. The number of aryl methyl sites for hydroxylation is 12. The number of benzene rings is 6. The Morgan fingerprint density at radius 3 is 0.377 bits per heavy atom. The lowest BCUT2D eigenvalue weighted by Gasteiger charge is -1.93. The zero-order valence-electron chi connectivity index (χ0n) is 35.6. The molecule has 0 atom stereocenters. The Balaban J connectivity index is 0.000000598. The first-order chi connectivity index (χ1) is 25.1. The average Bonchev–Trinajstić information content (AvgIpc) is 3.14. The van der Waals surface area contributed by atoms with Gasteiger partial charge in [0.05, 0.1) is 0 Å². The summed E-state index contributed by atoms with van der Waals surface area (Å²) >= 11 is 0. The third-order valence-electron chi connectivity index (χ3n) is 8.92. The molecule has 0 heterocycles. The van der Waals surface area contributed by atoms with Crippen LogP contribution in [0.15, 0.2) is 146 Å². The summed E-state index contributed by atoms with van der Waals surface area (Å²) in [6.45, 7) is 29.7. The van der Waals surface area contributed by atoms with Crippen LogP contribution in [0.2, 0.25) is 0 Å². The van der Waals surface area contributed by atoms with Crippen molar-refractivity contribution in [1.82, 2.24) is 0 Å². The smallest absolute Gasteiger partial charge is 0.0453 e. The number of hydrogen-bond donors (Lipinski definition) is 1. The van der Waals surface area contributed by atoms with Gasteiger partial charge < -0.3 is 5.11 Å². The summed E-state index contributed by atoms with van der Waals surface area (Å²) in [5.74, 6) is 0.440. The van der Waals surface area contributed by atoms with E-state index in [4.69, 9.17) is 5.11 Å². The SMILES string of the molecule is CC(C)CO.Cc1ccccc1C.Cc1ccccc1C.Cc1ccccc1C.Cc1ccccc1C.Cc1ccccc1C.Cc1ccccc1C. The zero-order valence-corrected chi connectivity index (χ0v) is 35.6. The monoisotopic (exact) mass is 711 g/mol. The largest absolute Gasteiger partial charge is 0.396 e. The molecule has 0 saturated heterocycles. The van der Waals surface area contributed by atoms with Crippen LogP contribution in [-0.4, -0.2) is 11.7 Å². The highest BCUT2D eigenvalue weighted by Gasteiger charge is 1.87. The lowest BCUT2D eigenvalue weighted by atomic mass is 10.1. The topological polar surface area (TPSA) is 20.2 Å². The maximum absolute atomic E-state index is 8.14. The third kappa shape index (κ3) is 24.2. The maximum atomic E-state index is 8.14. The van der Waals surface area contributed by atoms with Crippen LogP contribution in [0.4, 0.5) is 0 Å². The highest BCUT2D eigenvalue weighted by Crippen LogP contribution is 2.06. The summed E-state index contributed by atoms with van der Waals surface area (Å²) in [4.78, 5) is 0. The Morgan fingerprint density at radius 1 is 0.264 bits per heavy atom. The maximum Gasteiger partial charge on any atom is 0.0453 e. The first-order valence-electron chi connectivity index (χ1n) is 18.8. The van der Waals surface area contributed by atoms with Gasteiger partial charge >= 0.3 is 0 Å². The lowest BCUT2D eigenvalue weighted by molar-refractivity contribution is 0.248. The van der Waals surface area contributed by atoms with E-state index in [1.54, 1.807) is 0 Å². The molecule has 0 radical (unpaired) electrons. The first-order valence-corrected chi connectivity index (χ1v) is 18.8. The quantitative estimate of drug-likeness (QED) is 0.180. The van der Waals surface area contributed by atoms with Crippen LogP contribution in [-0.2, 0) is 0 Å². The molecule has 0 aliphatic rings. The molecule has 6 aromatic rings. The van der Waals surface area contributed by atoms with Crippen molar-refractivity contribution in [3.63, 3.8) is 0 Å². The number of hydrogen-bond acceptors (Lipinski definition) is 1. The van der Waals surface area contributed by atoms with Crippen LogP contribution in [0, 0.1) is 89.0 Å². The lowest BCUT2D eigenvalue weighted by Crippen LogP contribution is -1.90. The average molecular weight is 711 g/mol. The highest BCUT2D eigenvalue weighted by atomic mass is 16.3. The fourth-order valence-corrected chi connectivity index (χ4v) is 3.98. The van der Waals surface area contributed by atoms with E-state index in [2.05, 4.69) is 229 Å². The van der Waals surface area contributed by atoms with E-state index < -0.39 is 0 Å². The van der Waals surface area contributed by atoms with Gasteiger partial charge in [0.25, 0.3) is 0 Å². The predicted octanol–water partition coefficient (Wildman–Crippen LogP) is 14.5. The number of aliphatic hydroxyl groups is 1. The van der Waals surface area contributed by atoms with Crippen molar-refractivity contribution in [2.75, 3.05) is 6.61 Å². The molecule has 0 spiro atoms. The Kier molecular flexibility index (Phi) is 26.3. The van der Waals surface area contributed by atoms with Crippen LogP contribution in [0.3, 0.4) is 0 Å². The van der Waals surface area contributed by atoms with E-state index >= 15 is 0 Å². The second-order valence-electron chi connectivity index (χ2n) is 14.1. The van der Waals surface area contributed by atoms with E-state index in [0.717, 1.165) is 0 Å². The standard InChI is InChI=1S/6C8H10.C4H10O/c6*1-7-5-3-4-6-8(7)2;1-4(2)3-5/h6*3-6H,1-2H3;4-5H,3H2,1-2H3. The summed E-state index contributed by atoms with van der Waals surface area (Å²) in [7, 11) is 0. The van der Waals surface area contributed by atoms with Crippen LogP contribution < -0.4 is 0 Å². The van der Waals surface area contributed by atoms with E-state index in [-0.39, 0.29) is 0 Å². The second-order valence-corrected chi connectivity index (χ2v) is 14.1. The van der Waals surface area contributed by atoms with Crippen LogP contribution in [0.5, 0.6) is 0 Å². The molecule has 0 aliphatic heterocycles. The Bertz CT molecular complexity index is 1350. The van der Waals surface area contributed by atoms with Crippen molar-refractivity contribution in [2.24, 2.45) is 5.92 Å². The minimum absolute atomic E-state index is 0.306. The van der Waals surface area contributed by atoms with E-state index in [1.165, 1.54) is 66.8 Å². The minimum atomic E-state index is 0.306. The molecule has 284 valence electrons. The molecular weight excluding hydrogens is 641 g/mol. The van der Waals surface area contributed by atoms with Gasteiger partial charge in [0, 0.05) is 6.61 Å². The fraction of sp³-hybridized carbons (Fsp3) is 0.308. The molecule has 0 unspecified atom stereocenters. The molecular formula is C52H70O. The van der Waals surface area contributed by atoms with Crippen molar-refractivity contribution < 1.29 is 5.11 Å². The summed E-state index contributed by atoms with van der Waals surface area (Å²) in [6, 6.07) is 50.1. The van der Waals surface area contributed by atoms with Gasteiger partial charge in [-0.15, -0.1) is 0 Å². The molecule has 0 aliphatic carbocycles. The molecule has 0 amide bonds. The molecule has 0 aromatic heterocycles. The number of aliphatic hydroxyl groups excluding tert-OH is 1. The zero-order chi connectivity index (χ0) is 40.2. The van der Waals surface area contributed by atoms with Gasteiger partial charge in [0.2, 0.25) is 0 Å². The summed E-state index contributed by atoms with van der Waals surface area (Å²) < 4.78 is 0. The van der Waals surface area contributed by atoms with Gasteiger partial charge in [-0.1, -0.05) is 159 Å².